The van der Waals surface area contributed by atoms with E-state index in [9.17, 15) is 8.42 Å². The molecule has 1 N–H and O–H groups in total. The van der Waals surface area contributed by atoms with Crippen LogP contribution >= 0.6 is 0 Å². The highest BCUT2D eigenvalue weighted by atomic mass is 32.2. The fraction of sp³-hybridized carbons (Fsp3) is 1.00. The molecule has 4 nitrogen and oxygen atoms in total. The van der Waals surface area contributed by atoms with Crippen molar-refractivity contribution in [1.82, 2.24) is 10.2 Å². The lowest BCUT2D eigenvalue weighted by atomic mass is 10.0. The molecule has 0 saturated carbocycles. The van der Waals surface area contributed by atoms with Gasteiger partial charge in [-0.25, -0.2) is 8.42 Å². The van der Waals surface area contributed by atoms with Crippen molar-refractivity contribution in [2.45, 2.75) is 51.1 Å². The largest absolute Gasteiger partial charge is 0.313 e. The standard InChI is InChI=1S/C13H26N2O2S/c1-2-15(10-12-6-3-4-8-14-12)13-7-5-9-18(16,17)11-13/h12-14H,2-11H2,1H3. The van der Waals surface area contributed by atoms with Crippen molar-refractivity contribution < 1.29 is 8.42 Å². The number of piperidine rings is 1. The molecule has 0 aromatic carbocycles. The monoisotopic (exact) mass is 274 g/mol. The van der Waals surface area contributed by atoms with Gasteiger partial charge in [0.1, 0.15) is 0 Å². The van der Waals surface area contributed by atoms with Crippen molar-refractivity contribution in [1.29, 1.82) is 0 Å². The van der Waals surface area contributed by atoms with Crippen LogP contribution in [0.4, 0.5) is 0 Å². The molecule has 2 unspecified atom stereocenters. The van der Waals surface area contributed by atoms with E-state index in [2.05, 4.69) is 17.1 Å². The van der Waals surface area contributed by atoms with Gasteiger partial charge in [0.05, 0.1) is 11.5 Å². The van der Waals surface area contributed by atoms with Crippen molar-refractivity contribution >= 4 is 9.84 Å². The number of likely N-dealkylation sites (N-methyl/N-ethyl adjacent to an activating group) is 1. The first-order chi connectivity index (χ1) is 8.61. The molecule has 5 heteroatoms. The molecule has 2 rings (SSSR count). The van der Waals surface area contributed by atoms with Crippen molar-refractivity contribution in [2.75, 3.05) is 31.1 Å². The Hall–Kier alpha value is -0.130. The Bertz CT molecular complexity index is 350. The molecule has 2 saturated heterocycles. The van der Waals surface area contributed by atoms with E-state index in [0.717, 1.165) is 32.5 Å². The summed E-state index contributed by atoms with van der Waals surface area (Å²) in [7, 11) is -2.79. The highest BCUT2D eigenvalue weighted by molar-refractivity contribution is 7.91. The summed E-state index contributed by atoms with van der Waals surface area (Å²) in [4.78, 5) is 2.37. The molecule has 0 radical (unpaired) electrons. The van der Waals surface area contributed by atoms with E-state index < -0.39 is 9.84 Å². The summed E-state index contributed by atoms with van der Waals surface area (Å²) >= 11 is 0. The van der Waals surface area contributed by atoms with E-state index in [0.29, 0.717) is 17.5 Å². The third-order valence-electron chi connectivity index (χ3n) is 4.23. The molecule has 0 amide bonds. The SMILES string of the molecule is CCN(CC1CCCCN1)C1CCCS(=O)(=O)C1. The predicted molar refractivity (Wildman–Crippen MR) is 74.6 cm³/mol. The molecule has 2 aliphatic rings. The van der Waals surface area contributed by atoms with E-state index in [-0.39, 0.29) is 6.04 Å². The summed E-state index contributed by atoms with van der Waals surface area (Å²) in [6.45, 7) is 5.23. The molecule has 0 aliphatic carbocycles. The van der Waals surface area contributed by atoms with E-state index in [4.69, 9.17) is 0 Å². The minimum absolute atomic E-state index is 0.248. The van der Waals surface area contributed by atoms with Crippen LogP contribution in [0.15, 0.2) is 0 Å². The molecule has 2 heterocycles. The first kappa shape index (κ1) is 14.3. The summed E-state index contributed by atoms with van der Waals surface area (Å²) < 4.78 is 23.5. The summed E-state index contributed by atoms with van der Waals surface area (Å²) in [6, 6.07) is 0.806. The maximum atomic E-state index is 11.7. The van der Waals surface area contributed by atoms with Crippen LogP contribution in [0.5, 0.6) is 0 Å². The maximum Gasteiger partial charge on any atom is 0.151 e. The van der Waals surface area contributed by atoms with Crippen LogP contribution in [0.25, 0.3) is 0 Å². The van der Waals surface area contributed by atoms with Crippen LogP contribution in [-0.2, 0) is 9.84 Å². The van der Waals surface area contributed by atoms with Crippen LogP contribution in [-0.4, -0.2) is 56.5 Å². The molecule has 0 aromatic heterocycles. The molecule has 0 spiro atoms. The minimum Gasteiger partial charge on any atom is -0.313 e. The van der Waals surface area contributed by atoms with Gasteiger partial charge < -0.3 is 5.32 Å². The van der Waals surface area contributed by atoms with E-state index >= 15 is 0 Å². The zero-order chi connectivity index (χ0) is 13.0. The zero-order valence-corrected chi connectivity index (χ0v) is 12.2. The summed E-state index contributed by atoms with van der Waals surface area (Å²) in [6.07, 6.45) is 5.69. The molecular formula is C13H26N2O2S. The molecule has 2 fully saturated rings. The average molecular weight is 274 g/mol. The summed E-state index contributed by atoms with van der Waals surface area (Å²) in [5.74, 6) is 0.760. The second kappa shape index (κ2) is 6.35. The van der Waals surface area contributed by atoms with Crippen LogP contribution in [0.2, 0.25) is 0 Å². The van der Waals surface area contributed by atoms with Crippen LogP contribution in [0, 0.1) is 0 Å². The smallest absolute Gasteiger partial charge is 0.151 e. The van der Waals surface area contributed by atoms with Gasteiger partial charge in [0.25, 0.3) is 0 Å². The summed E-state index contributed by atoms with van der Waals surface area (Å²) in [5, 5.41) is 3.55. The van der Waals surface area contributed by atoms with Gasteiger partial charge in [0.2, 0.25) is 0 Å². The third-order valence-corrected chi connectivity index (χ3v) is 6.03. The first-order valence-electron chi connectivity index (χ1n) is 7.28. The normalized spacial score (nSPS) is 32.6. The van der Waals surface area contributed by atoms with E-state index in [1.807, 2.05) is 0 Å². The van der Waals surface area contributed by atoms with E-state index in [1.165, 1.54) is 19.3 Å². The number of nitrogens with zero attached hydrogens (tertiary/aromatic N) is 1. The van der Waals surface area contributed by atoms with Gasteiger partial charge in [-0.2, -0.15) is 0 Å². The van der Waals surface area contributed by atoms with Crippen LogP contribution in [0.3, 0.4) is 0 Å². The fourth-order valence-electron chi connectivity index (χ4n) is 3.19. The lowest BCUT2D eigenvalue weighted by Crippen LogP contribution is -2.50. The Labute approximate surface area is 111 Å². The maximum absolute atomic E-state index is 11.7. The first-order valence-corrected chi connectivity index (χ1v) is 9.11. The zero-order valence-electron chi connectivity index (χ0n) is 11.4. The minimum atomic E-state index is -2.79. The fourth-order valence-corrected chi connectivity index (χ4v) is 4.92. The lowest BCUT2D eigenvalue weighted by molar-refractivity contribution is 0.174. The Kier molecular flexibility index (Phi) is 5.04. The van der Waals surface area contributed by atoms with Gasteiger partial charge in [-0.15, -0.1) is 0 Å². The number of hydrogen-bond donors (Lipinski definition) is 1. The van der Waals surface area contributed by atoms with Gasteiger partial charge in [-0.3, -0.25) is 4.90 Å². The second-order valence-corrected chi connectivity index (χ2v) is 7.87. The predicted octanol–water partition coefficient (Wildman–Crippen LogP) is 1.03. The van der Waals surface area contributed by atoms with Gasteiger partial charge >= 0.3 is 0 Å². The van der Waals surface area contributed by atoms with Gasteiger partial charge in [-0.1, -0.05) is 13.3 Å². The quantitative estimate of drug-likeness (QED) is 0.832. The topological polar surface area (TPSA) is 49.4 Å². The van der Waals surface area contributed by atoms with Crippen molar-refractivity contribution in [2.24, 2.45) is 0 Å². The third kappa shape index (κ3) is 3.93. The van der Waals surface area contributed by atoms with Gasteiger partial charge in [-0.05, 0) is 38.8 Å². The van der Waals surface area contributed by atoms with Gasteiger partial charge in [0.15, 0.2) is 9.84 Å². The average Bonchev–Trinajstić information content (AvgIpc) is 2.36. The van der Waals surface area contributed by atoms with Crippen molar-refractivity contribution in [3.05, 3.63) is 0 Å². The number of sulfone groups is 1. The number of hydrogen-bond acceptors (Lipinski definition) is 4. The van der Waals surface area contributed by atoms with Crippen LogP contribution in [0.1, 0.15) is 39.0 Å². The Morgan fingerprint density at radius 2 is 2.06 bits per heavy atom. The Morgan fingerprint density at radius 3 is 2.67 bits per heavy atom. The Balaban J connectivity index is 1.90. The van der Waals surface area contributed by atoms with E-state index in [1.54, 1.807) is 0 Å². The van der Waals surface area contributed by atoms with Crippen molar-refractivity contribution in [3.63, 3.8) is 0 Å². The molecule has 106 valence electrons. The van der Waals surface area contributed by atoms with Gasteiger partial charge in [0, 0.05) is 18.6 Å². The highest BCUT2D eigenvalue weighted by Crippen LogP contribution is 2.19. The molecule has 0 bridgehead atoms. The molecular weight excluding hydrogens is 248 g/mol. The lowest BCUT2D eigenvalue weighted by Gasteiger charge is -2.37. The highest BCUT2D eigenvalue weighted by Gasteiger charge is 2.29. The second-order valence-electron chi connectivity index (χ2n) is 5.64. The van der Waals surface area contributed by atoms with Crippen molar-refractivity contribution in [3.8, 4) is 0 Å². The molecule has 0 aromatic rings. The summed E-state index contributed by atoms with van der Waals surface area (Å²) in [5.41, 5.74) is 0. The molecule has 2 aliphatic heterocycles. The van der Waals surface area contributed by atoms with Crippen LogP contribution < -0.4 is 5.32 Å². The Morgan fingerprint density at radius 1 is 1.22 bits per heavy atom. The molecule has 18 heavy (non-hydrogen) atoms. The molecule has 2 atom stereocenters. The number of nitrogens with one attached hydrogen (secondary N) is 1. The number of rotatable bonds is 4.